The maximum absolute atomic E-state index is 11.5. The van der Waals surface area contributed by atoms with Gasteiger partial charge in [0, 0.05) is 30.4 Å². The number of para-hydroxylation sites is 1. The minimum atomic E-state index is -2.64. The van der Waals surface area contributed by atoms with Crippen molar-refractivity contribution in [2.24, 2.45) is 7.05 Å². The van der Waals surface area contributed by atoms with E-state index in [-0.39, 0.29) is 6.04 Å². The van der Waals surface area contributed by atoms with Crippen LogP contribution in [0, 0.1) is 0 Å². The summed E-state index contributed by atoms with van der Waals surface area (Å²) in [6, 6.07) is 13.0. The summed E-state index contributed by atoms with van der Waals surface area (Å²) in [5, 5.41) is 5.46. The van der Waals surface area contributed by atoms with E-state index in [0.717, 1.165) is 33.4 Å². The molecule has 1 aliphatic rings. The molecule has 7 nitrogen and oxygen atoms in total. The summed E-state index contributed by atoms with van der Waals surface area (Å²) >= 11 is 0. The number of hydrogen-bond donors (Lipinski definition) is 1. The van der Waals surface area contributed by atoms with Crippen LogP contribution in [0.15, 0.2) is 72.3 Å². The molecule has 4 aromatic rings. The van der Waals surface area contributed by atoms with E-state index in [1.54, 1.807) is 18.3 Å². The van der Waals surface area contributed by atoms with Crippen LogP contribution in [0.25, 0.3) is 17.0 Å². The predicted octanol–water partition coefficient (Wildman–Crippen LogP) is 2.91. The van der Waals surface area contributed by atoms with E-state index in [1.165, 1.54) is 6.33 Å². The van der Waals surface area contributed by atoms with Crippen LogP contribution in [0.1, 0.15) is 22.7 Å². The molecule has 0 N–H and O–H groups in total. The smallest absolute Gasteiger partial charge is 0.168 e. The molecule has 1 aliphatic heterocycles. The summed E-state index contributed by atoms with van der Waals surface area (Å²) in [6.45, 7) is 0. The summed E-state index contributed by atoms with van der Waals surface area (Å²) in [5.41, 5.74) is 3.96. The first-order chi connectivity index (χ1) is 14.1. The van der Waals surface area contributed by atoms with Gasteiger partial charge in [-0.2, -0.15) is 5.10 Å². The van der Waals surface area contributed by atoms with Crippen LogP contribution in [0.2, 0.25) is 0 Å². The molecule has 0 spiro atoms. The maximum Gasteiger partial charge on any atom is 0.168 e. The number of aromatic nitrogens is 4. The molecule has 0 saturated carbocycles. The first-order valence-electron chi connectivity index (χ1n) is 9.05. The van der Waals surface area contributed by atoms with Gasteiger partial charge in [-0.3, -0.25) is 4.68 Å². The molecule has 5 rings (SSSR count). The molecule has 0 amide bonds. The molecule has 1 unspecified atom stereocenters. The van der Waals surface area contributed by atoms with Gasteiger partial charge >= 0.3 is 0 Å². The van der Waals surface area contributed by atoms with Gasteiger partial charge in [-0.15, -0.1) is 0 Å². The molecule has 1 atom stereocenters. The zero-order valence-corrected chi connectivity index (χ0v) is 16.4. The number of fused-ring (bicyclic) bond motifs is 2. The summed E-state index contributed by atoms with van der Waals surface area (Å²) in [5.74, 6) is 0.755. The van der Waals surface area contributed by atoms with Gasteiger partial charge < -0.3 is 4.90 Å². The minimum Gasteiger partial charge on any atom is -0.321 e. The van der Waals surface area contributed by atoms with Crippen LogP contribution in [0.5, 0.6) is 0 Å². The van der Waals surface area contributed by atoms with Gasteiger partial charge in [0.25, 0.3) is 0 Å². The summed E-state index contributed by atoms with van der Waals surface area (Å²) in [7, 11) is -0.720. The van der Waals surface area contributed by atoms with Gasteiger partial charge in [-0.1, -0.05) is 24.3 Å². The van der Waals surface area contributed by atoms with Gasteiger partial charge in [0.1, 0.15) is 12.1 Å². The van der Waals surface area contributed by atoms with Gasteiger partial charge in [-0.05, 0) is 35.4 Å². The Labute approximate surface area is 168 Å². The first kappa shape index (κ1) is 17.6. The van der Waals surface area contributed by atoms with Crippen molar-refractivity contribution >= 4 is 33.5 Å². The van der Waals surface area contributed by atoms with Gasteiger partial charge in [0.15, 0.2) is 10.7 Å². The highest BCUT2D eigenvalue weighted by Crippen LogP contribution is 2.40. The molecular formula is C21H17N5O2S. The van der Waals surface area contributed by atoms with Crippen molar-refractivity contribution in [3.8, 4) is 0 Å². The number of aryl methyl sites for hydroxylation is 1. The number of anilines is 1. The van der Waals surface area contributed by atoms with Crippen LogP contribution >= 0.6 is 0 Å². The van der Waals surface area contributed by atoms with Gasteiger partial charge in [0.2, 0.25) is 0 Å². The maximum atomic E-state index is 11.5. The van der Waals surface area contributed by atoms with Crippen LogP contribution < -0.4 is 4.90 Å². The summed E-state index contributed by atoms with van der Waals surface area (Å²) in [6.07, 6.45) is 8.93. The Bertz CT molecular complexity index is 1320. The highest BCUT2D eigenvalue weighted by Gasteiger charge is 2.29. The van der Waals surface area contributed by atoms with Crippen molar-refractivity contribution in [3.63, 3.8) is 0 Å². The van der Waals surface area contributed by atoms with E-state index in [0.29, 0.717) is 4.90 Å². The second-order valence-corrected chi connectivity index (χ2v) is 7.85. The average molecular weight is 403 g/mol. The molecule has 0 saturated heterocycles. The number of benzene rings is 2. The zero-order valence-electron chi connectivity index (χ0n) is 15.5. The lowest BCUT2D eigenvalue weighted by atomic mass is 9.89. The Balaban J connectivity index is 1.78. The molecule has 0 radical (unpaired) electrons. The van der Waals surface area contributed by atoms with E-state index < -0.39 is 10.7 Å². The van der Waals surface area contributed by atoms with Crippen LogP contribution in [-0.2, 0) is 17.8 Å². The standard InChI is InChI=1S/C21H17N5O2S/c1-25-20-15(12-24-25)3-2-4-18(20)21-17-6-5-16(29(27)28)11-14(17)8-10-26(21)19-7-9-22-13-23-19/h2-13,21,29H,1H3. The topological polar surface area (TPSA) is 81.0 Å². The van der Waals surface area contributed by atoms with Crippen molar-refractivity contribution < 1.29 is 8.42 Å². The SMILES string of the molecule is Cn1ncc2cccc(C3c4ccc([SH](=O)=O)cc4C=CN3c3ccncn3)c21. The van der Waals surface area contributed by atoms with Crippen LogP contribution in [0.3, 0.4) is 0 Å². The van der Waals surface area contributed by atoms with E-state index in [1.807, 2.05) is 54.5 Å². The monoisotopic (exact) mass is 403 g/mol. The lowest BCUT2D eigenvalue weighted by molar-refractivity contribution is 0.614. The molecule has 0 bridgehead atoms. The fourth-order valence-corrected chi connectivity index (χ4v) is 4.35. The second kappa shape index (κ2) is 6.82. The normalized spacial score (nSPS) is 15.8. The third-order valence-corrected chi connectivity index (χ3v) is 5.89. The fraction of sp³-hybridized carbons (Fsp3) is 0.0952. The van der Waals surface area contributed by atoms with Gasteiger partial charge in [-0.25, -0.2) is 18.4 Å². The van der Waals surface area contributed by atoms with E-state index in [2.05, 4.69) is 26.0 Å². The second-order valence-electron chi connectivity index (χ2n) is 6.82. The number of thiol groups is 1. The van der Waals surface area contributed by atoms with E-state index in [9.17, 15) is 8.42 Å². The van der Waals surface area contributed by atoms with Crippen molar-refractivity contribution in [1.82, 2.24) is 19.7 Å². The lowest BCUT2D eigenvalue weighted by Crippen LogP contribution is -2.28. The number of hydrogen-bond acceptors (Lipinski definition) is 6. The molecule has 29 heavy (non-hydrogen) atoms. The third kappa shape index (κ3) is 2.89. The van der Waals surface area contributed by atoms with E-state index in [4.69, 9.17) is 0 Å². The molecule has 2 aromatic heterocycles. The lowest BCUT2D eigenvalue weighted by Gasteiger charge is -2.35. The number of nitrogens with zero attached hydrogens (tertiary/aromatic N) is 5. The van der Waals surface area contributed by atoms with Crippen LogP contribution in [0.4, 0.5) is 5.82 Å². The molecule has 0 aliphatic carbocycles. The molecule has 144 valence electrons. The number of rotatable bonds is 3. The van der Waals surface area contributed by atoms with Crippen molar-refractivity contribution in [2.75, 3.05) is 4.90 Å². The van der Waals surface area contributed by atoms with Gasteiger partial charge in [0.05, 0.1) is 22.7 Å². The first-order valence-corrected chi connectivity index (χ1v) is 10.2. The Morgan fingerprint density at radius 1 is 1.07 bits per heavy atom. The van der Waals surface area contributed by atoms with Crippen molar-refractivity contribution in [1.29, 1.82) is 0 Å². The van der Waals surface area contributed by atoms with E-state index >= 15 is 0 Å². The highest BCUT2D eigenvalue weighted by atomic mass is 32.2. The largest absolute Gasteiger partial charge is 0.321 e. The minimum absolute atomic E-state index is 0.192. The quantitative estimate of drug-likeness (QED) is 0.530. The molecule has 2 aromatic carbocycles. The zero-order chi connectivity index (χ0) is 20.0. The predicted molar refractivity (Wildman–Crippen MR) is 111 cm³/mol. The Morgan fingerprint density at radius 2 is 1.97 bits per heavy atom. The van der Waals surface area contributed by atoms with Crippen molar-refractivity contribution in [2.45, 2.75) is 10.9 Å². The molecule has 3 heterocycles. The third-order valence-electron chi connectivity index (χ3n) is 5.19. The Kier molecular flexibility index (Phi) is 4.13. The summed E-state index contributed by atoms with van der Waals surface area (Å²) < 4.78 is 24.8. The van der Waals surface area contributed by atoms with Crippen LogP contribution in [-0.4, -0.2) is 28.2 Å². The van der Waals surface area contributed by atoms with Crippen molar-refractivity contribution in [3.05, 3.63) is 84.1 Å². The highest BCUT2D eigenvalue weighted by molar-refractivity contribution is 7.72. The molecular weight excluding hydrogens is 386 g/mol. The Hall–Kier alpha value is -3.52. The molecule has 8 heteroatoms. The average Bonchev–Trinajstić information content (AvgIpc) is 3.14. The summed E-state index contributed by atoms with van der Waals surface area (Å²) in [4.78, 5) is 10.8. The molecule has 0 fully saturated rings. The Morgan fingerprint density at radius 3 is 2.76 bits per heavy atom. The fourth-order valence-electron chi connectivity index (χ4n) is 3.91.